The van der Waals surface area contributed by atoms with E-state index in [4.69, 9.17) is 0 Å². The number of nitrogens with one attached hydrogen (secondary N) is 4. The smallest absolute Gasteiger partial charge is 0.322 e. The Hall–Kier alpha value is -2.31. The molecule has 6 amide bonds. The predicted octanol–water partition coefficient (Wildman–Crippen LogP) is -3.52. The molecule has 118 valence electrons. The highest BCUT2D eigenvalue weighted by Crippen LogP contribution is 2.31. The third kappa shape index (κ3) is 1.29. The average molecular weight is 310 g/mol. The number of aliphatic hydroxyl groups excluding tert-OH is 1. The topological polar surface area (TPSA) is 133 Å². The summed E-state index contributed by atoms with van der Waals surface area (Å²) in [5.41, 5.74) is 0. The second kappa shape index (κ2) is 3.71. The van der Waals surface area contributed by atoms with Crippen LogP contribution in [0, 0.1) is 0 Å². The van der Waals surface area contributed by atoms with Gasteiger partial charge in [0.2, 0.25) is 0 Å². The zero-order valence-electron chi connectivity index (χ0n) is 11.3. The van der Waals surface area contributed by atoms with Gasteiger partial charge in [0.15, 0.2) is 12.5 Å². The van der Waals surface area contributed by atoms with Crippen LogP contribution in [0.1, 0.15) is 0 Å². The molecule has 12 heteroatoms. The van der Waals surface area contributed by atoms with Gasteiger partial charge in [0, 0.05) is 0 Å². The van der Waals surface area contributed by atoms with Gasteiger partial charge in [0.05, 0.1) is 6.67 Å². The number of aliphatic hydroxyl groups is 1. The predicted molar refractivity (Wildman–Crippen MR) is 67.0 cm³/mol. The minimum atomic E-state index is -0.985. The number of rotatable bonds is 0. The maximum Gasteiger partial charge on any atom is 0.322 e. The molecule has 22 heavy (non-hydrogen) atoms. The zero-order valence-corrected chi connectivity index (χ0v) is 11.3. The summed E-state index contributed by atoms with van der Waals surface area (Å²) in [6.07, 6.45) is -2.96. The van der Waals surface area contributed by atoms with Gasteiger partial charge in [-0.2, -0.15) is 0 Å². The molecule has 5 rings (SSSR count). The van der Waals surface area contributed by atoms with Gasteiger partial charge >= 0.3 is 18.1 Å². The molecule has 0 aromatic carbocycles. The van der Waals surface area contributed by atoms with Crippen LogP contribution < -0.4 is 21.3 Å². The van der Waals surface area contributed by atoms with E-state index >= 15 is 0 Å². The first-order valence-corrected chi connectivity index (χ1v) is 6.96. The second-order valence-electron chi connectivity index (χ2n) is 5.88. The molecule has 5 atom stereocenters. The van der Waals surface area contributed by atoms with Crippen molar-refractivity contribution in [3.63, 3.8) is 0 Å². The molecular weight excluding hydrogens is 296 g/mol. The molecule has 12 nitrogen and oxygen atoms in total. The summed E-state index contributed by atoms with van der Waals surface area (Å²) in [5, 5.41) is 21.1. The molecule has 5 heterocycles. The number of amides is 6. The molecule has 4 unspecified atom stereocenters. The molecule has 0 saturated carbocycles. The van der Waals surface area contributed by atoms with E-state index < -0.39 is 31.0 Å². The Morgan fingerprint density at radius 1 is 0.818 bits per heavy atom. The van der Waals surface area contributed by atoms with Gasteiger partial charge < -0.3 is 21.1 Å². The SMILES string of the molecule is O=C1NC2NC(=O)N3CN4C5C(NC(=O)N5CN1C23)N[C@H]4O. The van der Waals surface area contributed by atoms with E-state index in [0.29, 0.717) is 0 Å². The summed E-state index contributed by atoms with van der Waals surface area (Å²) in [4.78, 5) is 42.4. The minimum Gasteiger partial charge on any atom is -0.365 e. The van der Waals surface area contributed by atoms with E-state index in [1.165, 1.54) is 14.7 Å². The van der Waals surface area contributed by atoms with Gasteiger partial charge in [-0.05, 0) is 0 Å². The molecule has 5 aliphatic heterocycles. The number of carbonyl (C=O) groups excluding carboxylic acids is 3. The first-order valence-electron chi connectivity index (χ1n) is 6.96. The summed E-state index contributed by atoms with van der Waals surface area (Å²) in [6.45, 7) is 0.135. The van der Waals surface area contributed by atoms with Crippen molar-refractivity contribution in [1.82, 2.24) is 40.9 Å². The number of nitrogens with zero attached hydrogens (tertiary/aromatic N) is 4. The standard InChI is InChI=1S/C10H14N8O4/c19-7-11-3-5-15(7)1-16-6-4(12-8(16)20)14-10(22)18(6)2-17(5)9(21)13-3/h3-7,11,19H,1-2H2,(H,12,20)(H,13,21)(H,14,22)/t3?,4?,5?,6?,7-/m1/s1. The molecule has 5 aliphatic rings. The quantitative estimate of drug-likeness (QED) is 0.315. The van der Waals surface area contributed by atoms with E-state index in [-0.39, 0.29) is 31.4 Å². The molecule has 5 saturated heterocycles. The third-order valence-electron chi connectivity index (χ3n) is 4.78. The Labute approximate surface area is 124 Å². The molecule has 0 aliphatic carbocycles. The molecule has 0 aromatic heterocycles. The van der Waals surface area contributed by atoms with Crippen LogP contribution >= 0.6 is 0 Å². The van der Waals surface area contributed by atoms with Crippen LogP contribution in [-0.2, 0) is 0 Å². The molecule has 0 radical (unpaired) electrons. The lowest BCUT2D eigenvalue weighted by molar-refractivity contribution is -0.0818. The highest BCUT2D eigenvalue weighted by molar-refractivity contribution is 5.85. The van der Waals surface area contributed by atoms with Gasteiger partial charge in [0.1, 0.15) is 25.2 Å². The van der Waals surface area contributed by atoms with Crippen LogP contribution in [-0.4, -0.2) is 87.2 Å². The van der Waals surface area contributed by atoms with Crippen LogP contribution in [0.15, 0.2) is 0 Å². The Balaban J connectivity index is 1.58. The largest absolute Gasteiger partial charge is 0.365 e. The highest BCUT2D eigenvalue weighted by Gasteiger charge is 2.59. The number of carbonyl (C=O) groups is 3. The Morgan fingerprint density at radius 3 is 2.05 bits per heavy atom. The maximum absolute atomic E-state index is 12.1. The Morgan fingerprint density at radius 2 is 1.36 bits per heavy atom. The first kappa shape index (κ1) is 12.3. The number of hydrogen-bond acceptors (Lipinski definition) is 6. The molecular formula is C10H14N8O4. The first-order chi connectivity index (χ1) is 10.5. The van der Waals surface area contributed by atoms with Gasteiger partial charge in [0.25, 0.3) is 0 Å². The van der Waals surface area contributed by atoms with Gasteiger partial charge in [-0.15, -0.1) is 0 Å². The fourth-order valence-electron chi connectivity index (χ4n) is 3.82. The summed E-state index contributed by atoms with van der Waals surface area (Å²) < 4.78 is 0. The van der Waals surface area contributed by atoms with Gasteiger partial charge in [-0.1, -0.05) is 0 Å². The van der Waals surface area contributed by atoms with E-state index in [1.54, 1.807) is 4.90 Å². The van der Waals surface area contributed by atoms with Crippen molar-refractivity contribution >= 4 is 18.1 Å². The molecule has 0 aromatic rings. The van der Waals surface area contributed by atoms with Crippen LogP contribution in [0.2, 0.25) is 0 Å². The van der Waals surface area contributed by atoms with Crippen molar-refractivity contribution in [1.29, 1.82) is 0 Å². The fourth-order valence-corrected chi connectivity index (χ4v) is 3.82. The minimum absolute atomic E-state index is 0.0381. The van der Waals surface area contributed by atoms with Crippen LogP contribution in [0.4, 0.5) is 14.4 Å². The van der Waals surface area contributed by atoms with Crippen LogP contribution in [0.3, 0.4) is 0 Å². The van der Waals surface area contributed by atoms with Crippen molar-refractivity contribution in [2.75, 3.05) is 13.3 Å². The normalized spacial score (nSPS) is 42.7. The Kier molecular flexibility index (Phi) is 2.07. The Bertz CT molecular complexity index is 593. The molecule has 0 bridgehead atoms. The van der Waals surface area contributed by atoms with Crippen molar-refractivity contribution in [2.45, 2.75) is 31.0 Å². The summed E-state index contributed by atoms with van der Waals surface area (Å²) in [7, 11) is 0. The third-order valence-corrected chi connectivity index (χ3v) is 4.78. The lowest BCUT2D eigenvalue weighted by atomic mass is 10.3. The highest BCUT2D eigenvalue weighted by atomic mass is 16.3. The van der Waals surface area contributed by atoms with Crippen LogP contribution in [0.25, 0.3) is 0 Å². The fraction of sp³-hybridized carbons (Fsp3) is 0.700. The zero-order chi connectivity index (χ0) is 15.2. The summed E-state index contributed by atoms with van der Waals surface area (Å²) in [5.74, 6) is 0. The summed E-state index contributed by atoms with van der Waals surface area (Å²) in [6, 6.07) is -0.973. The summed E-state index contributed by atoms with van der Waals surface area (Å²) >= 11 is 0. The molecule has 0 spiro atoms. The van der Waals surface area contributed by atoms with Crippen molar-refractivity contribution in [3.8, 4) is 0 Å². The van der Waals surface area contributed by atoms with E-state index in [0.717, 1.165) is 0 Å². The maximum atomic E-state index is 12.1. The lowest BCUT2D eigenvalue weighted by Gasteiger charge is -2.41. The van der Waals surface area contributed by atoms with E-state index in [1.807, 2.05) is 0 Å². The van der Waals surface area contributed by atoms with Crippen molar-refractivity contribution in [2.24, 2.45) is 0 Å². The second-order valence-corrected chi connectivity index (χ2v) is 5.88. The van der Waals surface area contributed by atoms with Crippen LogP contribution in [0.5, 0.6) is 0 Å². The molecule has 5 N–H and O–H groups in total. The average Bonchev–Trinajstić information content (AvgIpc) is 3.05. The number of urea groups is 3. The number of hydrogen-bond donors (Lipinski definition) is 5. The van der Waals surface area contributed by atoms with E-state index in [9.17, 15) is 19.5 Å². The molecule has 5 fully saturated rings. The van der Waals surface area contributed by atoms with Crippen molar-refractivity contribution < 1.29 is 19.5 Å². The monoisotopic (exact) mass is 310 g/mol. The van der Waals surface area contributed by atoms with Gasteiger partial charge in [-0.3, -0.25) is 20.0 Å². The van der Waals surface area contributed by atoms with Crippen molar-refractivity contribution in [3.05, 3.63) is 0 Å². The lowest BCUT2D eigenvalue weighted by Crippen LogP contribution is -2.62. The van der Waals surface area contributed by atoms with Gasteiger partial charge in [-0.25, -0.2) is 19.3 Å². The van der Waals surface area contributed by atoms with E-state index in [2.05, 4.69) is 21.3 Å².